The largest absolute Gasteiger partial charge is 0.481 e. The molecule has 5 heteroatoms. The topological polar surface area (TPSA) is 55.4 Å². The van der Waals surface area contributed by atoms with Crippen LogP contribution in [0, 0.1) is 11.8 Å². The minimum Gasteiger partial charge on any atom is -0.481 e. The van der Waals surface area contributed by atoms with E-state index in [4.69, 9.17) is 4.74 Å². The molecule has 0 unspecified atom stereocenters. The van der Waals surface area contributed by atoms with Crippen molar-refractivity contribution in [1.82, 2.24) is 5.32 Å². The average Bonchev–Trinajstić information content (AvgIpc) is 2.76. The number of hydrogen-bond donors (Lipinski definition) is 1. The lowest BCUT2D eigenvalue weighted by molar-refractivity contribution is 0.0946. The normalized spacial score (nSPS) is 9.83. The van der Waals surface area contributed by atoms with Gasteiger partial charge in [-0.05, 0) is 24.3 Å². The van der Waals surface area contributed by atoms with Gasteiger partial charge in [-0.15, -0.1) is 0 Å². The monoisotopic (exact) mass is 447 g/mol. The molecule has 0 bridgehead atoms. The first-order valence-corrected chi connectivity index (χ1v) is 9.75. The first kappa shape index (κ1) is 20.4. The van der Waals surface area contributed by atoms with Crippen LogP contribution in [0.4, 0.5) is 0 Å². The van der Waals surface area contributed by atoms with Crippen LogP contribution < -0.4 is 10.1 Å². The number of halogens is 1. The van der Waals surface area contributed by atoms with Crippen LogP contribution in [-0.2, 0) is 0 Å². The quantitative estimate of drug-likeness (QED) is 0.447. The molecule has 0 saturated heterocycles. The molecule has 0 spiro atoms. The van der Waals surface area contributed by atoms with Gasteiger partial charge in [0, 0.05) is 15.6 Å². The molecule has 0 aliphatic rings. The highest BCUT2D eigenvalue weighted by molar-refractivity contribution is 9.10. The molecule has 0 aromatic heterocycles. The van der Waals surface area contributed by atoms with Gasteiger partial charge in [0.25, 0.3) is 5.91 Å². The Bertz CT molecular complexity index is 1070. The zero-order valence-corrected chi connectivity index (χ0v) is 17.1. The summed E-state index contributed by atoms with van der Waals surface area (Å²) in [7, 11) is 0. The molecule has 1 N–H and O–H groups in total. The molecule has 0 fully saturated rings. The highest BCUT2D eigenvalue weighted by Gasteiger charge is 2.17. The van der Waals surface area contributed by atoms with E-state index in [0.29, 0.717) is 22.4 Å². The van der Waals surface area contributed by atoms with Crippen LogP contribution >= 0.6 is 15.9 Å². The number of hydrogen-bond acceptors (Lipinski definition) is 3. The Labute approximate surface area is 178 Å². The van der Waals surface area contributed by atoms with Crippen LogP contribution in [0.3, 0.4) is 0 Å². The van der Waals surface area contributed by atoms with Crippen LogP contribution in [0.25, 0.3) is 0 Å². The van der Waals surface area contributed by atoms with Crippen molar-refractivity contribution < 1.29 is 14.3 Å². The second kappa shape index (κ2) is 10.3. The summed E-state index contributed by atoms with van der Waals surface area (Å²) in [5.41, 5.74) is 1.23. The smallest absolute Gasteiger partial charge is 0.252 e. The van der Waals surface area contributed by atoms with E-state index >= 15 is 0 Å². The van der Waals surface area contributed by atoms with Gasteiger partial charge in [-0.3, -0.25) is 9.59 Å². The summed E-state index contributed by atoms with van der Waals surface area (Å²) >= 11 is 3.38. The lowest BCUT2D eigenvalue weighted by atomic mass is 9.98. The lowest BCUT2D eigenvalue weighted by Crippen LogP contribution is -2.25. The first-order valence-electron chi connectivity index (χ1n) is 8.96. The van der Waals surface area contributed by atoms with E-state index in [-0.39, 0.29) is 24.8 Å². The number of ketones is 1. The van der Waals surface area contributed by atoms with E-state index in [1.807, 2.05) is 30.3 Å². The van der Waals surface area contributed by atoms with Crippen molar-refractivity contribution in [3.05, 3.63) is 100 Å². The van der Waals surface area contributed by atoms with Gasteiger partial charge in [0.15, 0.2) is 5.78 Å². The Balaban J connectivity index is 1.57. The molecule has 144 valence electrons. The summed E-state index contributed by atoms with van der Waals surface area (Å²) in [6.07, 6.45) is 0. The van der Waals surface area contributed by atoms with Crippen LogP contribution in [0.15, 0.2) is 83.3 Å². The third kappa shape index (κ3) is 5.81. The molecule has 0 aliphatic heterocycles. The number of rotatable bonds is 6. The Morgan fingerprint density at radius 1 is 0.862 bits per heavy atom. The molecule has 0 saturated carbocycles. The maximum Gasteiger partial charge on any atom is 0.252 e. The number of ether oxygens (including phenoxy) is 1. The maximum atomic E-state index is 12.7. The zero-order valence-electron chi connectivity index (χ0n) is 15.5. The predicted octanol–water partition coefficient (Wildman–Crippen LogP) is 4.49. The van der Waals surface area contributed by atoms with E-state index in [1.54, 1.807) is 48.5 Å². The summed E-state index contributed by atoms with van der Waals surface area (Å²) < 4.78 is 6.45. The minimum absolute atomic E-state index is 0.161. The lowest BCUT2D eigenvalue weighted by Gasteiger charge is -2.08. The van der Waals surface area contributed by atoms with E-state index in [1.165, 1.54) is 0 Å². The molecule has 0 aliphatic carbocycles. The van der Waals surface area contributed by atoms with Gasteiger partial charge in [0.05, 0.1) is 12.1 Å². The standard InChI is InChI=1S/C24H18BrNO3/c25-19-11-8-12-20(17-19)29-16-7-6-15-26-24(28)22-14-5-4-13-21(22)23(27)18-9-2-1-3-10-18/h1-5,8-14,17H,15-16H2,(H,26,28). The van der Waals surface area contributed by atoms with Gasteiger partial charge in [0.2, 0.25) is 0 Å². The summed E-state index contributed by atoms with van der Waals surface area (Å²) in [5, 5.41) is 2.73. The third-order valence-corrected chi connectivity index (χ3v) is 4.51. The highest BCUT2D eigenvalue weighted by Crippen LogP contribution is 2.17. The molecular formula is C24H18BrNO3. The Morgan fingerprint density at radius 2 is 1.59 bits per heavy atom. The second-order valence-electron chi connectivity index (χ2n) is 6.02. The van der Waals surface area contributed by atoms with Crippen molar-refractivity contribution in [2.75, 3.05) is 13.2 Å². The Morgan fingerprint density at radius 3 is 2.34 bits per heavy atom. The molecule has 0 atom stereocenters. The van der Waals surface area contributed by atoms with Gasteiger partial charge in [0.1, 0.15) is 12.4 Å². The number of benzene rings is 3. The van der Waals surface area contributed by atoms with Crippen molar-refractivity contribution in [3.8, 4) is 17.6 Å². The minimum atomic E-state index is -0.341. The average molecular weight is 448 g/mol. The second-order valence-corrected chi connectivity index (χ2v) is 6.94. The molecule has 3 aromatic carbocycles. The van der Waals surface area contributed by atoms with Crippen LogP contribution in [0.1, 0.15) is 26.3 Å². The molecule has 3 rings (SSSR count). The number of nitrogens with one attached hydrogen (secondary N) is 1. The van der Waals surface area contributed by atoms with E-state index in [2.05, 4.69) is 33.1 Å². The van der Waals surface area contributed by atoms with Crippen molar-refractivity contribution in [2.45, 2.75) is 0 Å². The molecule has 4 nitrogen and oxygen atoms in total. The van der Waals surface area contributed by atoms with Crippen molar-refractivity contribution in [1.29, 1.82) is 0 Å². The fourth-order valence-corrected chi connectivity index (χ4v) is 3.01. The highest BCUT2D eigenvalue weighted by atomic mass is 79.9. The Hall–Kier alpha value is -3.36. The predicted molar refractivity (Wildman–Crippen MR) is 116 cm³/mol. The van der Waals surface area contributed by atoms with Gasteiger partial charge >= 0.3 is 0 Å². The third-order valence-electron chi connectivity index (χ3n) is 4.02. The van der Waals surface area contributed by atoms with Crippen LogP contribution in [0.5, 0.6) is 5.75 Å². The van der Waals surface area contributed by atoms with Gasteiger partial charge in [-0.25, -0.2) is 0 Å². The number of carbonyl (C=O) groups excluding carboxylic acids is 2. The molecule has 1 amide bonds. The summed E-state index contributed by atoms with van der Waals surface area (Å²) in [6, 6.07) is 23.1. The van der Waals surface area contributed by atoms with Gasteiger partial charge in [-0.1, -0.05) is 82.4 Å². The van der Waals surface area contributed by atoms with E-state index < -0.39 is 0 Å². The summed E-state index contributed by atoms with van der Waals surface area (Å²) in [6.45, 7) is 0.379. The molecule has 0 radical (unpaired) electrons. The summed E-state index contributed by atoms with van der Waals surface area (Å²) in [5.74, 6) is 5.89. The van der Waals surface area contributed by atoms with E-state index in [9.17, 15) is 9.59 Å². The zero-order chi connectivity index (χ0) is 20.5. The van der Waals surface area contributed by atoms with Gasteiger partial charge in [-0.2, -0.15) is 0 Å². The van der Waals surface area contributed by atoms with Gasteiger partial charge < -0.3 is 10.1 Å². The molecule has 29 heavy (non-hydrogen) atoms. The fourth-order valence-electron chi connectivity index (χ4n) is 2.63. The molecule has 3 aromatic rings. The molecule has 0 heterocycles. The SMILES string of the molecule is O=C(NCC#CCOc1cccc(Br)c1)c1ccccc1C(=O)c1ccccc1. The van der Waals surface area contributed by atoms with Crippen LogP contribution in [-0.4, -0.2) is 24.8 Å². The molecular weight excluding hydrogens is 430 g/mol. The summed E-state index contributed by atoms with van der Waals surface area (Å²) in [4.78, 5) is 25.2. The fraction of sp³-hybridized carbons (Fsp3) is 0.0833. The van der Waals surface area contributed by atoms with E-state index in [0.717, 1.165) is 4.47 Å². The number of amides is 1. The Kier molecular flexibility index (Phi) is 7.21. The maximum absolute atomic E-state index is 12.7. The number of carbonyl (C=O) groups is 2. The van der Waals surface area contributed by atoms with Crippen molar-refractivity contribution in [3.63, 3.8) is 0 Å². The van der Waals surface area contributed by atoms with Crippen molar-refractivity contribution >= 4 is 27.6 Å². The first-order chi connectivity index (χ1) is 14.1. The van der Waals surface area contributed by atoms with Crippen LogP contribution in [0.2, 0.25) is 0 Å². The van der Waals surface area contributed by atoms with Crippen molar-refractivity contribution in [2.24, 2.45) is 0 Å².